The smallest absolute Gasteiger partial charge is 1.00 e. The fourth-order valence-electron chi connectivity index (χ4n) is 0.957. The minimum Gasteiger partial charge on any atom is -1.00 e. The van der Waals surface area contributed by atoms with Crippen molar-refractivity contribution in [2.24, 2.45) is 5.73 Å². The number of carboxylic acid groups (broad SMARTS) is 2. The van der Waals surface area contributed by atoms with Crippen LogP contribution in [0.1, 0.15) is 39.5 Å². The summed E-state index contributed by atoms with van der Waals surface area (Å²) < 4.78 is 0. The molecule has 0 spiro atoms. The number of hydrogen-bond donors (Lipinski definition) is 2. The first-order chi connectivity index (χ1) is 6.36. The van der Waals surface area contributed by atoms with Crippen LogP contribution < -0.4 is 46.9 Å². The largest absolute Gasteiger partial charge is 4.00 e. The number of hydrogen-bond acceptors (Lipinski definition) is 6. The molecule has 0 aliphatic heterocycles. The first-order valence-electron chi connectivity index (χ1n) is 4.47. The second kappa shape index (κ2) is 25.9. The summed E-state index contributed by atoms with van der Waals surface area (Å²) in [5, 5.41) is 17.8. The standard InChI is InChI=1S/C5H11N.2C2H4O2.2ClH.H3N.Pt/c6-5-3-1-2-4-5;2*1-2(3)4;;;;/h5H,1-4,6H2;2*1H3,(H,3,4);2*1H;1H3;/q;;;;;;+4/p-4. The minimum absolute atomic E-state index is 0. The summed E-state index contributed by atoms with van der Waals surface area (Å²) in [5.41, 5.74) is 5.53. The van der Waals surface area contributed by atoms with Crippen molar-refractivity contribution in [3.8, 4) is 0 Å². The van der Waals surface area contributed by atoms with Gasteiger partial charge in [-0.05, 0) is 26.7 Å². The summed E-state index contributed by atoms with van der Waals surface area (Å²) in [5.74, 6) is -2.17. The Kier molecular flexibility index (Phi) is 51.9. The van der Waals surface area contributed by atoms with Gasteiger partial charge in [-0.3, -0.25) is 0 Å². The van der Waals surface area contributed by atoms with Crippen molar-refractivity contribution in [2.45, 2.75) is 45.6 Å². The molecule has 6 nitrogen and oxygen atoms in total. The Balaban J connectivity index is -0.0000000279. The zero-order valence-corrected chi connectivity index (χ0v) is 14.2. The molecule has 1 rings (SSSR count). The van der Waals surface area contributed by atoms with Gasteiger partial charge < -0.3 is 56.5 Å². The van der Waals surface area contributed by atoms with Crippen LogP contribution >= 0.6 is 0 Å². The maximum absolute atomic E-state index is 8.89. The Bertz CT molecular complexity index is 162. The zero-order valence-electron chi connectivity index (χ0n) is 10.4. The molecule has 0 saturated heterocycles. The minimum atomic E-state index is -1.08. The Morgan fingerprint density at radius 3 is 1.22 bits per heavy atom. The van der Waals surface area contributed by atoms with Gasteiger partial charge in [-0.25, -0.2) is 0 Å². The van der Waals surface area contributed by atoms with E-state index < -0.39 is 11.9 Å². The summed E-state index contributed by atoms with van der Waals surface area (Å²) in [7, 11) is 0. The van der Waals surface area contributed by atoms with E-state index in [2.05, 4.69) is 0 Å². The van der Waals surface area contributed by atoms with Gasteiger partial charge in [0.2, 0.25) is 0 Å². The van der Waals surface area contributed by atoms with Crippen LogP contribution in [0.2, 0.25) is 0 Å². The molecule has 1 fully saturated rings. The number of carbonyl (C=O) groups is 2. The van der Waals surface area contributed by atoms with Gasteiger partial charge in [0, 0.05) is 18.0 Å². The van der Waals surface area contributed by atoms with Crippen LogP contribution in [0.25, 0.3) is 0 Å². The summed E-state index contributed by atoms with van der Waals surface area (Å²) in [4.78, 5) is 17.8. The molecule has 0 heterocycles. The predicted molar refractivity (Wildman–Crippen MR) is 52.8 cm³/mol. The molecule has 0 unspecified atom stereocenters. The SMILES string of the molecule is CC(=O)[O-].CC(=O)[O-].N.NC1CCCC1.[Cl-].[Cl-].[Pt+4]. The molecule has 0 aromatic rings. The normalized spacial score (nSPS) is 11.3. The molecule has 18 heavy (non-hydrogen) atoms. The summed E-state index contributed by atoms with van der Waals surface area (Å²) >= 11 is 0. The molecule has 0 aromatic carbocycles. The number of nitrogens with two attached hydrogens (primary N) is 1. The molecule has 9 heteroatoms. The second-order valence-electron chi connectivity index (χ2n) is 3.03. The van der Waals surface area contributed by atoms with Crippen LogP contribution in [0.15, 0.2) is 0 Å². The van der Waals surface area contributed by atoms with Crippen LogP contribution in [-0.4, -0.2) is 18.0 Å². The van der Waals surface area contributed by atoms with E-state index in [1.807, 2.05) is 0 Å². The van der Waals surface area contributed by atoms with Gasteiger partial charge in [-0.1, -0.05) is 12.8 Å². The summed E-state index contributed by atoms with van der Waals surface area (Å²) in [6, 6.07) is 0.546. The molecule has 1 aliphatic rings. The van der Waals surface area contributed by atoms with E-state index in [9.17, 15) is 0 Å². The van der Waals surface area contributed by atoms with E-state index >= 15 is 0 Å². The predicted octanol–water partition coefficient (Wildman–Crippen LogP) is -7.43. The quantitative estimate of drug-likeness (QED) is 0.349. The third kappa shape index (κ3) is 72.6. The Morgan fingerprint density at radius 1 is 1.00 bits per heavy atom. The van der Waals surface area contributed by atoms with Crippen LogP contribution in [0.4, 0.5) is 0 Å². The van der Waals surface area contributed by atoms with E-state index in [1.165, 1.54) is 25.7 Å². The molecule has 0 radical (unpaired) electrons. The zero-order chi connectivity index (χ0) is 11.6. The topological polar surface area (TPSA) is 141 Å². The number of halogens is 2. The molecular formula is C9H20Cl2N2O4Pt. The van der Waals surface area contributed by atoms with E-state index in [0.717, 1.165) is 13.8 Å². The van der Waals surface area contributed by atoms with E-state index in [-0.39, 0.29) is 52.0 Å². The molecule has 0 bridgehead atoms. The summed E-state index contributed by atoms with van der Waals surface area (Å²) in [6.45, 7) is 1.94. The third-order valence-electron chi connectivity index (χ3n) is 1.40. The van der Waals surface area contributed by atoms with Crippen molar-refractivity contribution in [1.29, 1.82) is 0 Å². The van der Waals surface area contributed by atoms with Crippen molar-refractivity contribution in [3.05, 3.63) is 0 Å². The molecule has 114 valence electrons. The first kappa shape index (κ1) is 36.2. The number of rotatable bonds is 0. The Labute approximate surface area is 135 Å². The van der Waals surface area contributed by atoms with Crippen LogP contribution in [0.3, 0.4) is 0 Å². The molecule has 5 N–H and O–H groups in total. The molecule has 0 aromatic heterocycles. The average molecular weight is 486 g/mol. The van der Waals surface area contributed by atoms with Crippen LogP contribution in [0, 0.1) is 0 Å². The van der Waals surface area contributed by atoms with Gasteiger partial charge in [-0.2, -0.15) is 0 Å². The van der Waals surface area contributed by atoms with Gasteiger partial charge in [0.1, 0.15) is 0 Å². The Hall–Kier alpha value is 0.128. The Morgan fingerprint density at radius 2 is 1.17 bits per heavy atom. The van der Waals surface area contributed by atoms with Crippen molar-refractivity contribution in [1.82, 2.24) is 6.15 Å². The van der Waals surface area contributed by atoms with Gasteiger partial charge in [0.05, 0.1) is 0 Å². The van der Waals surface area contributed by atoms with Gasteiger partial charge in [0.15, 0.2) is 0 Å². The number of carboxylic acids is 2. The number of aliphatic carboxylic acids is 2. The monoisotopic (exact) mass is 485 g/mol. The average Bonchev–Trinajstić information content (AvgIpc) is 2.36. The molecule has 0 amide bonds. The van der Waals surface area contributed by atoms with Crippen molar-refractivity contribution >= 4 is 11.9 Å². The molecule has 1 saturated carbocycles. The maximum atomic E-state index is 8.89. The van der Waals surface area contributed by atoms with Crippen molar-refractivity contribution in [2.75, 3.05) is 0 Å². The maximum Gasteiger partial charge on any atom is 4.00 e. The van der Waals surface area contributed by atoms with E-state index in [0.29, 0.717) is 6.04 Å². The second-order valence-corrected chi connectivity index (χ2v) is 3.03. The molecular weight excluding hydrogens is 466 g/mol. The van der Waals surface area contributed by atoms with Crippen LogP contribution in [-0.2, 0) is 30.7 Å². The molecule has 0 atom stereocenters. The number of carbonyl (C=O) groups excluding carboxylic acids is 2. The van der Waals surface area contributed by atoms with Gasteiger partial charge >= 0.3 is 21.1 Å². The first-order valence-corrected chi connectivity index (χ1v) is 4.47. The summed E-state index contributed by atoms with van der Waals surface area (Å²) in [6.07, 6.45) is 5.25. The molecule has 1 aliphatic carbocycles. The van der Waals surface area contributed by atoms with Gasteiger partial charge in [0.25, 0.3) is 0 Å². The van der Waals surface area contributed by atoms with E-state index in [1.54, 1.807) is 0 Å². The fourth-order valence-corrected chi connectivity index (χ4v) is 0.957. The van der Waals surface area contributed by atoms with Crippen molar-refractivity contribution < 1.29 is 65.7 Å². The fraction of sp³-hybridized carbons (Fsp3) is 0.778. The van der Waals surface area contributed by atoms with Crippen molar-refractivity contribution in [3.63, 3.8) is 0 Å². The van der Waals surface area contributed by atoms with Crippen LogP contribution in [0.5, 0.6) is 0 Å². The van der Waals surface area contributed by atoms with Gasteiger partial charge in [-0.15, -0.1) is 0 Å². The third-order valence-corrected chi connectivity index (χ3v) is 1.40. The van der Waals surface area contributed by atoms with E-state index in [4.69, 9.17) is 25.5 Å².